The summed E-state index contributed by atoms with van der Waals surface area (Å²) in [5.41, 5.74) is 2.51. The molecule has 6 heteroatoms. The predicted octanol–water partition coefficient (Wildman–Crippen LogP) is 3.51. The van der Waals surface area contributed by atoms with Gasteiger partial charge in [-0.2, -0.15) is 0 Å². The van der Waals surface area contributed by atoms with Crippen molar-refractivity contribution in [2.45, 2.75) is 75.0 Å². The molecule has 3 aliphatic rings. The number of carbonyl (C=O) groups is 2. The van der Waals surface area contributed by atoms with E-state index in [4.69, 9.17) is 0 Å². The van der Waals surface area contributed by atoms with E-state index in [0.717, 1.165) is 38.8 Å². The van der Waals surface area contributed by atoms with Gasteiger partial charge in [-0.25, -0.2) is 0 Å². The van der Waals surface area contributed by atoms with Crippen molar-refractivity contribution in [1.29, 1.82) is 0 Å². The lowest BCUT2D eigenvalue weighted by molar-refractivity contribution is -0.144. The van der Waals surface area contributed by atoms with Crippen LogP contribution in [-0.2, 0) is 9.59 Å². The molecule has 0 bridgehead atoms. The number of nitrogens with one attached hydrogen (secondary N) is 2. The summed E-state index contributed by atoms with van der Waals surface area (Å²) in [6, 6.07) is 20.8. The molecule has 3 heterocycles. The molecule has 0 saturated carbocycles. The molecule has 0 radical (unpaired) electrons. The van der Waals surface area contributed by atoms with Crippen molar-refractivity contribution in [2.24, 2.45) is 0 Å². The Bertz CT molecular complexity index is 1030. The highest BCUT2D eigenvalue weighted by atomic mass is 16.2. The van der Waals surface area contributed by atoms with E-state index in [9.17, 15) is 9.59 Å². The number of hydrogen-bond donors (Lipinski definition) is 2. The van der Waals surface area contributed by atoms with Crippen LogP contribution in [0.3, 0.4) is 0 Å². The number of likely N-dealkylation sites (tertiary alicyclic amines) is 2. The molecule has 2 aromatic rings. The number of rotatable bonds is 6. The highest BCUT2D eigenvalue weighted by molar-refractivity contribution is 5.91. The molecule has 3 aliphatic heterocycles. The second-order valence-corrected chi connectivity index (χ2v) is 10.9. The number of nitrogens with zero attached hydrogens (tertiary/aromatic N) is 2. The van der Waals surface area contributed by atoms with Gasteiger partial charge in [0.1, 0.15) is 6.04 Å². The van der Waals surface area contributed by atoms with Gasteiger partial charge >= 0.3 is 0 Å². The Balaban J connectivity index is 1.34. The fourth-order valence-electron chi connectivity index (χ4n) is 6.41. The molecule has 6 nitrogen and oxygen atoms in total. The van der Waals surface area contributed by atoms with Crippen molar-refractivity contribution in [1.82, 2.24) is 20.4 Å². The van der Waals surface area contributed by atoms with Gasteiger partial charge in [0, 0.05) is 43.6 Å². The zero-order valence-corrected chi connectivity index (χ0v) is 21.6. The molecule has 0 aromatic heterocycles. The van der Waals surface area contributed by atoms with E-state index < -0.39 is 0 Å². The second kappa shape index (κ2) is 11.1. The number of likely N-dealkylation sites (N-methyl/N-ethyl adjacent to an activating group) is 1. The molecule has 6 atom stereocenters. The summed E-state index contributed by atoms with van der Waals surface area (Å²) in [4.78, 5) is 31.8. The minimum atomic E-state index is -0.388. The molecule has 192 valence electrons. The Morgan fingerprint density at radius 3 is 2.22 bits per heavy atom. The first kappa shape index (κ1) is 25.0. The molecule has 6 unspecified atom stereocenters. The average Bonchev–Trinajstić information content (AvgIpc) is 3.61. The molecule has 3 fully saturated rings. The van der Waals surface area contributed by atoms with Crippen LogP contribution in [-0.4, -0.2) is 72.5 Å². The number of amides is 2. The smallest absolute Gasteiger partial charge is 0.245 e. The molecule has 0 aliphatic carbocycles. The molecule has 36 heavy (non-hydrogen) atoms. The Labute approximate surface area is 215 Å². The lowest BCUT2D eigenvalue weighted by Gasteiger charge is -2.37. The molecule has 2 aromatic carbocycles. The molecule has 3 saturated heterocycles. The van der Waals surface area contributed by atoms with Crippen molar-refractivity contribution in [3.8, 4) is 0 Å². The highest BCUT2D eigenvalue weighted by Gasteiger charge is 2.45. The first-order valence-corrected chi connectivity index (χ1v) is 13.7. The van der Waals surface area contributed by atoms with Crippen molar-refractivity contribution >= 4 is 11.8 Å². The quantitative estimate of drug-likeness (QED) is 0.653. The molecular weight excluding hydrogens is 448 g/mol. The van der Waals surface area contributed by atoms with Gasteiger partial charge in [0.15, 0.2) is 0 Å². The summed E-state index contributed by atoms with van der Waals surface area (Å²) in [5.74, 6) is 0.774. The average molecular weight is 489 g/mol. The minimum absolute atomic E-state index is 0.0959. The van der Waals surface area contributed by atoms with Gasteiger partial charge in [-0.05, 0) is 57.2 Å². The van der Waals surface area contributed by atoms with Gasteiger partial charge < -0.3 is 20.4 Å². The third-order valence-corrected chi connectivity index (χ3v) is 8.69. The number of benzene rings is 2. The van der Waals surface area contributed by atoms with Crippen LogP contribution in [0.5, 0.6) is 0 Å². The van der Waals surface area contributed by atoms with E-state index in [1.54, 1.807) is 0 Å². The van der Waals surface area contributed by atoms with Gasteiger partial charge in [-0.15, -0.1) is 0 Å². The summed E-state index contributed by atoms with van der Waals surface area (Å²) in [6.45, 7) is 4.27. The van der Waals surface area contributed by atoms with Gasteiger partial charge in [0.05, 0.1) is 6.04 Å². The normalized spacial score (nSPS) is 29.3. The predicted molar refractivity (Wildman–Crippen MR) is 143 cm³/mol. The minimum Gasteiger partial charge on any atom is -0.340 e. The van der Waals surface area contributed by atoms with Crippen molar-refractivity contribution in [3.05, 3.63) is 71.8 Å². The zero-order chi connectivity index (χ0) is 25.1. The summed E-state index contributed by atoms with van der Waals surface area (Å²) >= 11 is 0. The van der Waals surface area contributed by atoms with Crippen LogP contribution < -0.4 is 10.6 Å². The highest BCUT2D eigenvalue weighted by Crippen LogP contribution is 2.36. The Morgan fingerprint density at radius 1 is 0.889 bits per heavy atom. The summed E-state index contributed by atoms with van der Waals surface area (Å²) < 4.78 is 0. The van der Waals surface area contributed by atoms with Gasteiger partial charge in [0.25, 0.3) is 0 Å². The van der Waals surface area contributed by atoms with Gasteiger partial charge in [-0.1, -0.05) is 60.7 Å². The number of carbonyl (C=O) groups excluding carboxylic acids is 2. The van der Waals surface area contributed by atoms with Gasteiger partial charge in [-0.3, -0.25) is 9.59 Å². The second-order valence-electron chi connectivity index (χ2n) is 10.9. The van der Waals surface area contributed by atoms with Crippen molar-refractivity contribution in [2.75, 3.05) is 26.7 Å². The van der Waals surface area contributed by atoms with Crippen molar-refractivity contribution < 1.29 is 9.59 Å². The fourth-order valence-corrected chi connectivity index (χ4v) is 6.41. The topological polar surface area (TPSA) is 64.7 Å². The Morgan fingerprint density at radius 2 is 1.56 bits per heavy atom. The molecule has 5 rings (SSSR count). The van der Waals surface area contributed by atoms with E-state index in [2.05, 4.69) is 54.0 Å². The lowest BCUT2D eigenvalue weighted by atomic mass is 9.93. The van der Waals surface area contributed by atoms with E-state index in [-0.39, 0.29) is 35.9 Å². The molecule has 0 spiro atoms. The maximum Gasteiger partial charge on any atom is 0.245 e. The van der Waals surface area contributed by atoms with E-state index in [0.29, 0.717) is 24.9 Å². The van der Waals surface area contributed by atoms with Crippen LogP contribution in [0.1, 0.15) is 62.0 Å². The molecule has 2 N–H and O–H groups in total. The maximum atomic E-state index is 13.9. The fraction of sp³-hybridized carbons (Fsp3) is 0.533. The third kappa shape index (κ3) is 5.21. The largest absolute Gasteiger partial charge is 0.340 e. The van der Waals surface area contributed by atoms with Crippen LogP contribution in [0.15, 0.2) is 60.7 Å². The van der Waals surface area contributed by atoms with Crippen molar-refractivity contribution in [3.63, 3.8) is 0 Å². The van der Waals surface area contributed by atoms with E-state index >= 15 is 0 Å². The molecular formula is C30H40N4O2. The molecule has 2 amide bonds. The van der Waals surface area contributed by atoms with Crippen LogP contribution in [0.4, 0.5) is 0 Å². The standard InChI is InChI=1S/C30H40N4O2/c1-21(31-2)26-14-9-15-27(32-26)29(35)34-20-25(23-12-7-4-8-13-23)18-28(34)30(36)33-17-16-24(19-33)22-10-5-3-6-11-22/h3-8,10-13,21,24-28,31-32H,9,14-20H2,1-2H3. The van der Waals surface area contributed by atoms with Crippen LogP contribution in [0.2, 0.25) is 0 Å². The number of hydrogen-bond acceptors (Lipinski definition) is 4. The lowest BCUT2D eigenvalue weighted by Crippen LogP contribution is -2.58. The summed E-state index contributed by atoms with van der Waals surface area (Å²) in [5, 5.41) is 6.94. The third-order valence-electron chi connectivity index (χ3n) is 8.69. The first-order chi connectivity index (χ1) is 17.5. The zero-order valence-electron chi connectivity index (χ0n) is 21.6. The van der Waals surface area contributed by atoms with Crippen LogP contribution in [0, 0.1) is 0 Å². The van der Waals surface area contributed by atoms with E-state index in [1.807, 2.05) is 41.1 Å². The monoisotopic (exact) mass is 488 g/mol. The SMILES string of the molecule is CNC(C)C1CCCC(C(=O)N2CC(c3ccccc3)CC2C(=O)N2CCC(c3ccccc3)C2)N1. The van der Waals surface area contributed by atoms with E-state index in [1.165, 1.54) is 11.1 Å². The van der Waals surface area contributed by atoms with Crippen LogP contribution >= 0.6 is 0 Å². The number of piperidine rings is 1. The first-order valence-electron chi connectivity index (χ1n) is 13.7. The maximum absolute atomic E-state index is 13.9. The Hall–Kier alpha value is -2.70. The van der Waals surface area contributed by atoms with Crippen LogP contribution in [0.25, 0.3) is 0 Å². The Kier molecular flexibility index (Phi) is 7.73. The van der Waals surface area contributed by atoms with Gasteiger partial charge in [0.2, 0.25) is 11.8 Å². The summed E-state index contributed by atoms with van der Waals surface area (Å²) in [6.07, 6.45) is 4.60. The summed E-state index contributed by atoms with van der Waals surface area (Å²) in [7, 11) is 1.97.